The number of nitrogens with one attached hydrogen (secondary N) is 5. The predicted octanol–water partition coefficient (Wildman–Crippen LogP) is 6.73. The zero-order valence-electron chi connectivity index (χ0n) is 43.5. The average Bonchev–Trinajstić information content (AvgIpc) is 4.27. The van der Waals surface area contributed by atoms with Crippen molar-refractivity contribution < 1.29 is 40.6 Å². The second-order valence-corrected chi connectivity index (χ2v) is 20.3. The van der Waals surface area contributed by atoms with Gasteiger partial charge in [-0.3, -0.25) is 19.0 Å². The van der Waals surface area contributed by atoms with Crippen LogP contribution in [0.3, 0.4) is 0 Å². The van der Waals surface area contributed by atoms with Crippen molar-refractivity contribution in [2.24, 2.45) is 0 Å². The second-order valence-electron chi connectivity index (χ2n) is 16.8. The van der Waals surface area contributed by atoms with Gasteiger partial charge in [-0.25, -0.2) is 49.3 Å². The number of carbonyl (C=O) groups excluding carboxylic acids is 2. The Labute approximate surface area is 443 Å². The highest BCUT2D eigenvalue weighted by atomic mass is 32.2. The third-order valence-corrected chi connectivity index (χ3v) is 12.6. The van der Waals surface area contributed by atoms with Gasteiger partial charge in [0.05, 0.1) is 108 Å². The Morgan fingerprint density at radius 3 is 1.49 bits per heavy atom. The smallest absolute Gasteiger partial charge is 0.230 e. The van der Waals surface area contributed by atoms with Crippen LogP contribution in [0.2, 0.25) is 0 Å². The zero-order chi connectivity index (χ0) is 55.6. The van der Waals surface area contributed by atoms with Gasteiger partial charge in [0, 0.05) is 78.8 Å². The van der Waals surface area contributed by atoms with Crippen molar-refractivity contribution in [3.8, 4) is 33.4 Å². The van der Waals surface area contributed by atoms with Crippen molar-refractivity contribution in [3.63, 3.8) is 0 Å². The van der Waals surface area contributed by atoms with Gasteiger partial charge in [0.25, 0.3) is 0 Å². The Kier molecular flexibility index (Phi) is 17.7. The van der Waals surface area contributed by atoms with Crippen LogP contribution in [0, 0.1) is 6.57 Å². The van der Waals surface area contributed by atoms with E-state index >= 15 is 0 Å². The van der Waals surface area contributed by atoms with Crippen LogP contribution >= 0.6 is 0 Å². The monoisotopic (exact) mass is 1090 g/mol. The number of hydrogen-bond acceptors (Lipinski definition) is 16. The summed E-state index contributed by atoms with van der Waals surface area (Å²) in [6.45, 7) is 20.6. The fourth-order valence-corrected chi connectivity index (χ4v) is 9.20. The quantitative estimate of drug-likeness (QED) is 0.0368. The molecule has 9 aromatic rings. The maximum atomic E-state index is 11.6. The summed E-state index contributed by atoms with van der Waals surface area (Å²) in [6, 6.07) is 6.93. The van der Waals surface area contributed by atoms with E-state index in [2.05, 4.69) is 60.8 Å². The molecule has 0 radical (unpaired) electrons. The van der Waals surface area contributed by atoms with Crippen molar-refractivity contribution >= 4 is 83.7 Å². The van der Waals surface area contributed by atoms with Crippen LogP contribution in [0.25, 0.3) is 54.8 Å². The molecule has 0 spiro atoms. The molecule has 0 saturated carbocycles. The maximum Gasteiger partial charge on any atom is 0.230 e. The first kappa shape index (κ1) is 56.0. The van der Waals surface area contributed by atoms with Crippen LogP contribution in [0.15, 0.2) is 92.4 Å². The number of nitrogens with zero attached hydrogens (tertiary/aromatic N) is 13. The molecule has 77 heavy (non-hydrogen) atoms. The van der Waals surface area contributed by atoms with E-state index in [1.54, 1.807) is 80.1 Å². The van der Waals surface area contributed by atoms with Gasteiger partial charge in [-0.15, -0.1) is 0 Å². The molecule has 0 aliphatic carbocycles. The van der Waals surface area contributed by atoms with Crippen molar-refractivity contribution in [1.82, 2.24) is 58.2 Å². The number of ether oxygens (including phenoxy) is 3. The summed E-state index contributed by atoms with van der Waals surface area (Å²) in [6.07, 6.45) is 21.1. The lowest BCUT2D eigenvalue weighted by atomic mass is 10.1. The summed E-state index contributed by atoms with van der Waals surface area (Å²) in [5, 5.41) is 34.1. The molecule has 3 atom stereocenters. The highest BCUT2D eigenvalue weighted by Crippen LogP contribution is 2.37. The third-order valence-electron chi connectivity index (χ3n) is 11.4. The molecule has 0 bridgehead atoms. The van der Waals surface area contributed by atoms with Crippen LogP contribution in [-0.4, -0.2) is 127 Å². The predicted molar refractivity (Wildman–Crippen MR) is 290 cm³/mol. The Bertz CT molecular complexity index is 3720. The van der Waals surface area contributed by atoms with E-state index in [1.807, 2.05) is 67.1 Å². The fourth-order valence-electron chi connectivity index (χ4n) is 8.12. The Morgan fingerprint density at radius 1 is 0.584 bits per heavy atom. The first-order valence-electron chi connectivity index (χ1n) is 23.8. The molecule has 0 saturated heterocycles. The molecule has 27 nitrogen and oxygen atoms in total. The minimum atomic E-state index is -3.47. The molecule has 9 heterocycles. The average molecular weight is 1100 g/mol. The molecular formula is C48H58N18O9S2. The fraction of sp³-hybridized carbons (Fsp3) is 0.312. The Balaban J connectivity index is 0.000000168. The van der Waals surface area contributed by atoms with Gasteiger partial charge < -0.3 is 30.2 Å². The highest BCUT2D eigenvalue weighted by Gasteiger charge is 2.21. The second kappa shape index (κ2) is 24.3. The molecule has 0 fully saturated rings. The van der Waals surface area contributed by atoms with Gasteiger partial charge >= 0.3 is 0 Å². The molecule has 9 aromatic heterocycles. The third kappa shape index (κ3) is 13.2. The van der Waals surface area contributed by atoms with E-state index in [9.17, 15) is 26.4 Å². The summed E-state index contributed by atoms with van der Waals surface area (Å²) in [5.74, 6) is 0.293. The molecule has 29 heteroatoms. The molecule has 0 aliphatic heterocycles. The summed E-state index contributed by atoms with van der Waals surface area (Å²) < 4.78 is 77.5. The topological polar surface area (TPSA) is 300 Å². The maximum absolute atomic E-state index is 11.6. The van der Waals surface area contributed by atoms with Crippen LogP contribution in [0.5, 0.6) is 0 Å². The minimum Gasteiger partial charge on any atom is -0.387 e. The molecule has 406 valence electrons. The van der Waals surface area contributed by atoms with Gasteiger partial charge in [0.1, 0.15) is 24.5 Å². The van der Waals surface area contributed by atoms with E-state index in [0.717, 1.165) is 46.0 Å². The summed E-state index contributed by atoms with van der Waals surface area (Å²) >= 11 is 0. The number of rotatable bonds is 21. The van der Waals surface area contributed by atoms with Gasteiger partial charge in [0.15, 0.2) is 0 Å². The number of carbonyl (C=O) groups is 2. The number of hydrogen-bond donors (Lipinski definition) is 5. The van der Waals surface area contributed by atoms with Crippen LogP contribution < -0.4 is 25.4 Å². The van der Waals surface area contributed by atoms with Crippen LogP contribution in [0.1, 0.15) is 60.2 Å². The van der Waals surface area contributed by atoms with Gasteiger partial charge in [0.2, 0.25) is 38.6 Å². The Hall–Kier alpha value is -8.69. The SMILES string of the molecule is CCOC(C)n1cc(-c2c(NC=O)cnn3c(NS(C)(=O)=O)ccc23)cn1.CCOC(C)n1cc(-c2c(NC=O)cnn3cc(NS(C)(=O)=O)cc23)cn1.[C-]#[N+]c1cnn2cc(NC)cc2c1-c1cnn(C(C)OCC)c1. The van der Waals surface area contributed by atoms with Crippen molar-refractivity contribution in [3.05, 3.63) is 104 Å². The molecule has 9 rings (SSSR count). The van der Waals surface area contributed by atoms with Crippen molar-refractivity contribution in [2.45, 2.75) is 60.2 Å². The molecule has 5 N–H and O–H groups in total. The van der Waals surface area contributed by atoms with E-state index in [4.69, 9.17) is 20.8 Å². The highest BCUT2D eigenvalue weighted by molar-refractivity contribution is 7.92. The molecule has 3 unspecified atom stereocenters. The van der Waals surface area contributed by atoms with Crippen molar-refractivity contribution in [2.75, 3.05) is 64.8 Å². The normalized spacial score (nSPS) is 12.7. The number of anilines is 5. The van der Waals surface area contributed by atoms with E-state index < -0.39 is 20.0 Å². The van der Waals surface area contributed by atoms with E-state index in [-0.39, 0.29) is 18.7 Å². The molecule has 2 amide bonds. The molecule has 0 aromatic carbocycles. The lowest BCUT2D eigenvalue weighted by molar-refractivity contribution is -0.106. The lowest BCUT2D eigenvalue weighted by Crippen LogP contribution is -2.12. The molecule has 0 aliphatic rings. The number of fused-ring (bicyclic) bond motifs is 3. The standard InChI is InChI=1S/2C16H20N6O4S.C16H18N6O/c1-4-26-11(2)21-8-12(6-18-21)16-14(17-10-23)7-19-22-9-13(5-15(16)22)20-27(3,24)25;1-4-26-11(2)21-9-12(7-18-21)16-13(17-10-23)8-19-22-14(16)5-6-15(22)20-27(3,24)25;1-5-23-11(2)21-9-12(7-19-21)16-14(18-4)8-20-22-10-13(17-3)6-15(16)22/h2*5-11,20H,4H2,1-3H3,(H,17,23);6-11,17H,5H2,1-3H3. The largest absolute Gasteiger partial charge is 0.387 e. The number of sulfonamides is 2. The zero-order valence-corrected chi connectivity index (χ0v) is 45.1. The summed E-state index contributed by atoms with van der Waals surface area (Å²) in [4.78, 5) is 25.6. The lowest BCUT2D eigenvalue weighted by Gasteiger charge is -2.12. The Morgan fingerprint density at radius 2 is 1.03 bits per heavy atom. The van der Waals surface area contributed by atoms with Gasteiger partial charge in [-0.1, -0.05) is 0 Å². The summed E-state index contributed by atoms with van der Waals surface area (Å²) in [5.41, 5.74) is 9.31. The first-order valence-corrected chi connectivity index (χ1v) is 27.5. The first-order chi connectivity index (χ1) is 36.8. The van der Waals surface area contributed by atoms with E-state index in [1.165, 1.54) is 21.4 Å². The van der Waals surface area contributed by atoms with Crippen LogP contribution in [-0.2, 0) is 43.8 Å². The van der Waals surface area contributed by atoms with E-state index in [0.29, 0.717) is 83.4 Å². The minimum absolute atomic E-state index is 0.150. The number of aromatic nitrogens is 12. The van der Waals surface area contributed by atoms with Crippen LogP contribution in [0.4, 0.5) is 34.3 Å². The van der Waals surface area contributed by atoms with Gasteiger partial charge in [-0.2, -0.15) is 30.6 Å². The number of amides is 2. The molecular weight excluding hydrogens is 1040 g/mol. The summed E-state index contributed by atoms with van der Waals surface area (Å²) in [7, 11) is -5.04. The van der Waals surface area contributed by atoms with Crippen molar-refractivity contribution in [1.29, 1.82) is 0 Å². The van der Waals surface area contributed by atoms with Gasteiger partial charge in [-0.05, 0) is 65.8 Å².